The minimum Gasteiger partial charge on any atom is -0.469 e. The molecule has 0 radical (unpaired) electrons. The summed E-state index contributed by atoms with van der Waals surface area (Å²) in [6.07, 6.45) is 3.75. The summed E-state index contributed by atoms with van der Waals surface area (Å²) in [6.45, 7) is 7.07. The monoisotopic (exact) mass is 297 g/mol. The second kappa shape index (κ2) is 8.34. The lowest BCUT2D eigenvalue weighted by Gasteiger charge is -2.35. The predicted octanol–water partition coefficient (Wildman–Crippen LogP) is 0.180. The molecule has 6 nitrogen and oxygen atoms in total. The maximum Gasteiger partial charge on any atom is 0.305 e. The number of esters is 1. The molecule has 2 rings (SSSR count). The van der Waals surface area contributed by atoms with Gasteiger partial charge in [-0.2, -0.15) is 0 Å². The van der Waals surface area contributed by atoms with Gasteiger partial charge in [0.25, 0.3) is 0 Å². The van der Waals surface area contributed by atoms with E-state index in [1.54, 1.807) is 0 Å². The Morgan fingerprint density at radius 1 is 0.952 bits per heavy atom. The zero-order valence-electron chi connectivity index (χ0n) is 13.1. The van der Waals surface area contributed by atoms with Crippen molar-refractivity contribution >= 4 is 11.9 Å². The average Bonchev–Trinajstić information content (AvgIpc) is 3.00. The summed E-state index contributed by atoms with van der Waals surface area (Å²) in [5, 5.41) is 0. The van der Waals surface area contributed by atoms with Gasteiger partial charge >= 0.3 is 5.97 Å². The van der Waals surface area contributed by atoms with E-state index in [0.29, 0.717) is 13.0 Å². The van der Waals surface area contributed by atoms with Gasteiger partial charge < -0.3 is 9.64 Å². The van der Waals surface area contributed by atoms with Gasteiger partial charge in [-0.25, -0.2) is 0 Å². The quantitative estimate of drug-likeness (QED) is 0.655. The summed E-state index contributed by atoms with van der Waals surface area (Å²) in [4.78, 5) is 29.8. The summed E-state index contributed by atoms with van der Waals surface area (Å²) in [6, 6.07) is 0. The Morgan fingerprint density at radius 2 is 1.62 bits per heavy atom. The van der Waals surface area contributed by atoms with E-state index in [4.69, 9.17) is 0 Å². The highest BCUT2D eigenvalue weighted by Crippen LogP contribution is 2.09. The van der Waals surface area contributed by atoms with Crippen LogP contribution in [0.15, 0.2) is 0 Å². The van der Waals surface area contributed by atoms with Gasteiger partial charge in [-0.05, 0) is 38.9 Å². The van der Waals surface area contributed by atoms with E-state index in [1.807, 2.05) is 4.90 Å². The van der Waals surface area contributed by atoms with Crippen molar-refractivity contribution in [1.82, 2.24) is 14.7 Å². The van der Waals surface area contributed by atoms with E-state index >= 15 is 0 Å². The van der Waals surface area contributed by atoms with Crippen molar-refractivity contribution in [2.45, 2.75) is 25.7 Å². The lowest BCUT2D eigenvalue weighted by atomic mass is 10.2. The number of hydrogen-bond donors (Lipinski definition) is 0. The number of amides is 1. The van der Waals surface area contributed by atoms with Crippen LogP contribution in [0.3, 0.4) is 0 Å². The molecule has 2 aliphatic rings. The fourth-order valence-corrected chi connectivity index (χ4v) is 3.00. The summed E-state index contributed by atoms with van der Waals surface area (Å²) < 4.78 is 4.64. The third-order valence-corrected chi connectivity index (χ3v) is 4.37. The molecule has 0 atom stereocenters. The number of carbonyl (C=O) groups is 2. The zero-order chi connectivity index (χ0) is 15.1. The van der Waals surface area contributed by atoms with Gasteiger partial charge in [0, 0.05) is 32.6 Å². The number of ether oxygens (including phenoxy) is 1. The third-order valence-electron chi connectivity index (χ3n) is 4.37. The fourth-order valence-electron chi connectivity index (χ4n) is 3.00. The summed E-state index contributed by atoms with van der Waals surface area (Å²) in [7, 11) is 1.42. The van der Waals surface area contributed by atoms with Crippen LogP contribution in [0.25, 0.3) is 0 Å². The van der Waals surface area contributed by atoms with Crippen LogP contribution in [0.4, 0.5) is 0 Å². The lowest BCUT2D eigenvalue weighted by Crippen LogP contribution is -2.51. The normalized spacial score (nSPS) is 20.7. The Balaban J connectivity index is 1.61. The maximum absolute atomic E-state index is 12.2. The molecule has 0 unspecified atom stereocenters. The molecule has 2 heterocycles. The van der Waals surface area contributed by atoms with Gasteiger partial charge in [0.15, 0.2) is 0 Å². The standard InChI is InChI=1S/C15H27N3O3/c1-21-15(20)5-4-8-16-9-11-18(12-10-16)14(19)13-17-6-2-3-7-17/h2-13H2,1H3. The Kier molecular flexibility index (Phi) is 6.45. The van der Waals surface area contributed by atoms with Crippen molar-refractivity contribution in [1.29, 1.82) is 0 Å². The third kappa shape index (κ3) is 5.28. The minimum atomic E-state index is -0.144. The first-order chi connectivity index (χ1) is 10.2. The van der Waals surface area contributed by atoms with Crippen LogP contribution in [-0.2, 0) is 14.3 Å². The van der Waals surface area contributed by atoms with Crippen LogP contribution in [0.5, 0.6) is 0 Å². The number of rotatable bonds is 6. The van der Waals surface area contributed by atoms with E-state index in [1.165, 1.54) is 20.0 Å². The van der Waals surface area contributed by atoms with Gasteiger partial charge in [-0.15, -0.1) is 0 Å². The molecule has 0 spiro atoms. The molecule has 21 heavy (non-hydrogen) atoms. The Labute approximate surface area is 127 Å². The van der Waals surface area contributed by atoms with Gasteiger partial charge in [0.2, 0.25) is 5.91 Å². The molecule has 0 aromatic heterocycles. The second-order valence-electron chi connectivity index (χ2n) is 5.89. The zero-order valence-corrected chi connectivity index (χ0v) is 13.1. The van der Waals surface area contributed by atoms with Crippen molar-refractivity contribution in [2.24, 2.45) is 0 Å². The Bertz CT molecular complexity index is 348. The van der Waals surface area contributed by atoms with Gasteiger partial charge in [0.05, 0.1) is 13.7 Å². The molecule has 0 N–H and O–H groups in total. The van der Waals surface area contributed by atoms with Crippen LogP contribution in [-0.4, -0.2) is 86.0 Å². The van der Waals surface area contributed by atoms with Gasteiger partial charge in [-0.1, -0.05) is 0 Å². The first-order valence-corrected chi connectivity index (χ1v) is 7.98. The Hall–Kier alpha value is -1.14. The van der Waals surface area contributed by atoms with E-state index in [-0.39, 0.29) is 11.9 Å². The molecule has 0 bridgehead atoms. The highest BCUT2D eigenvalue weighted by atomic mass is 16.5. The van der Waals surface area contributed by atoms with Crippen molar-refractivity contribution in [3.8, 4) is 0 Å². The molecule has 0 aromatic carbocycles. The fraction of sp³-hybridized carbons (Fsp3) is 0.867. The van der Waals surface area contributed by atoms with Crippen molar-refractivity contribution in [2.75, 3.05) is 59.5 Å². The smallest absolute Gasteiger partial charge is 0.305 e. The first-order valence-electron chi connectivity index (χ1n) is 7.98. The Morgan fingerprint density at radius 3 is 2.24 bits per heavy atom. The molecule has 2 aliphatic heterocycles. The number of piperazine rings is 1. The molecular weight excluding hydrogens is 270 g/mol. The lowest BCUT2D eigenvalue weighted by molar-refractivity contribution is -0.140. The molecule has 6 heteroatoms. The summed E-state index contributed by atoms with van der Waals surface area (Å²) in [5.41, 5.74) is 0. The van der Waals surface area contributed by atoms with Gasteiger partial charge in [0.1, 0.15) is 0 Å². The van der Waals surface area contributed by atoms with Crippen molar-refractivity contribution in [3.63, 3.8) is 0 Å². The molecular formula is C15H27N3O3. The van der Waals surface area contributed by atoms with E-state index in [0.717, 1.165) is 52.2 Å². The largest absolute Gasteiger partial charge is 0.469 e. The van der Waals surface area contributed by atoms with Crippen LogP contribution in [0.2, 0.25) is 0 Å². The summed E-state index contributed by atoms with van der Waals surface area (Å²) in [5.74, 6) is 0.125. The molecule has 0 saturated carbocycles. The highest BCUT2D eigenvalue weighted by molar-refractivity contribution is 5.78. The maximum atomic E-state index is 12.2. The second-order valence-corrected chi connectivity index (χ2v) is 5.89. The first kappa shape index (κ1) is 16.2. The number of carbonyl (C=O) groups excluding carboxylic acids is 2. The molecule has 0 aromatic rings. The molecule has 1 amide bonds. The van der Waals surface area contributed by atoms with Gasteiger partial charge in [-0.3, -0.25) is 19.4 Å². The predicted molar refractivity (Wildman–Crippen MR) is 79.9 cm³/mol. The molecule has 120 valence electrons. The highest BCUT2D eigenvalue weighted by Gasteiger charge is 2.23. The molecule has 0 aliphatic carbocycles. The number of nitrogens with zero attached hydrogens (tertiary/aromatic N) is 3. The van der Waals surface area contributed by atoms with Crippen LogP contribution < -0.4 is 0 Å². The van der Waals surface area contributed by atoms with E-state index < -0.39 is 0 Å². The van der Waals surface area contributed by atoms with E-state index in [2.05, 4.69) is 14.5 Å². The number of likely N-dealkylation sites (tertiary alicyclic amines) is 1. The number of methoxy groups -OCH3 is 1. The van der Waals surface area contributed by atoms with E-state index in [9.17, 15) is 9.59 Å². The average molecular weight is 297 g/mol. The summed E-state index contributed by atoms with van der Waals surface area (Å²) >= 11 is 0. The van der Waals surface area contributed by atoms with Crippen LogP contribution in [0.1, 0.15) is 25.7 Å². The molecule has 2 saturated heterocycles. The topological polar surface area (TPSA) is 53.1 Å². The van der Waals surface area contributed by atoms with Crippen molar-refractivity contribution < 1.29 is 14.3 Å². The van der Waals surface area contributed by atoms with Crippen LogP contribution >= 0.6 is 0 Å². The minimum absolute atomic E-state index is 0.144. The number of hydrogen-bond acceptors (Lipinski definition) is 5. The molecule has 2 fully saturated rings. The van der Waals surface area contributed by atoms with Crippen molar-refractivity contribution in [3.05, 3.63) is 0 Å². The SMILES string of the molecule is COC(=O)CCCN1CCN(C(=O)CN2CCCC2)CC1. The van der Waals surface area contributed by atoms with Crippen LogP contribution in [0, 0.1) is 0 Å².